The van der Waals surface area contributed by atoms with Gasteiger partial charge in [-0.05, 0) is 47.9 Å². The third-order valence-corrected chi connectivity index (χ3v) is 3.72. The highest BCUT2D eigenvalue weighted by Crippen LogP contribution is 2.26. The Kier molecular flexibility index (Phi) is 4.07. The SMILES string of the molecule is Cc1cnccc1-c1cn(C)nc1C=Cc1ccc(Cl)cc1. The van der Waals surface area contributed by atoms with Crippen molar-refractivity contribution < 1.29 is 0 Å². The van der Waals surface area contributed by atoms with Crippen LogP contribution in [-0.2, 0) is 7.05 Å². The molecule has 0 atom stereocenters. The minimum Gasteiger partial charge on any atom is -0.275 e. The van der Waals surface area contributed by atoms with Crippen molar-refractivity contribution in [2.45, 2.75) is 6.92 Å². The second kappa shape index (κ2) is 6.16. The summed E-state index contributed by atoms with van der Waals surface area (Å²) >= 11 is 5.91. The number of nitrogens with zero attached hydrogens (tertiary/aromatic N) is 3. The number of aromatic nitrogens is 3. The van der Waals surface area contributed by atoms with E-state index in [0.717, 1.165) is 33.0 Å². The summed E-state index contributed by atoms with van der Waals surface area (Å²) in [5.41, 5.74) is 5.42. The molecular weight excluding hydrogens is 294 g/mol. The zero-order chi connectivity index (χ0) is 15.5. The zero-order valence-electron chi connectivity index (χ0n) is 12.5. The summed E-state index contributed by atoms with van der Waals surface area (Å²) in [6.07, 6.45) is 9.78. The lowest BCUT2D eigenvalue weighted by Gasteiger charge is -2.03. The number of benzene rings is 1. The quantitative estimate of drug-likeness (QED) is 0.707. The van der Waals surface area contributed by atoms with Gasteiger partial charge in [0.15, 0.2) is 0 Å². The van der Waals surface area contributed by atoms with Gasteiger partial charge >= 0.3 is 0 Å². The van der Waals surface area contributed by atoms with Crippen molar-refractivity contribution in [2.75, 3.05) is 0 Å². The van der Waals surface area contributed by atoms with Crippen LogP contribution in [0.2, 0.25) is 5.02 Å². The molecule has 0 N–H and O–H groups in total. The molecule has 3 aromatic rings. The largest absolute Gasteiger partial charge is 0.275 e. The highest BCUT2D eigenvalue weighted by Gasteiger charge is 2.09. The van der Waals surface area contributed by atoms with Crippen LogP contribution in [0.15, 0.2) is 48.9 Å². The molecule has 0 fully saturated rings. The van der Waals surface area contributed by atoms with Gasteiger partial charge in [0.05, 0.1) is 5.69 Å². The summed E-state index contributed by atoms with van der Waals surface area (Å²) in [5, 5.41) is 5.28. The first-order valence-corrected chi connectivity index (χ1v) is 7.39. The Balaban J connectivity index is 1.98. The van der Waals surface area contributed by atoms with Crippen LogP contribution in [0.3, 0.4) is 0 Å². The van der Waals surface area contributed by atoms with Crippen molar-refractivity contribution in [3.05, 3.63) is 70.8 Å². The van der Waals surface area contributed by atoms with Crippen LogP contribution >= 0.6 is 11.6 Å². The molecule has 22 heavy (non-hydrogen) atoms. The molecular formula is C18H16ClN3. The van der Waals surface area contributed by atoms with Gasteiger partial charge in [0.1, 0.15) is 0 Å². The minimum absolute atomic E-state index is 0.739. The number of hydrogen-bond donors (Lipinski definition) is 0. The number of hydrogen-bond acceptors (Lipinski definition) is 2. The Bertz CT molecular complexity index is 817. The van der Waals surface area contributed by atoms with E-state index < -0.39 is 0 Å². The van der Waals surface area contributed by atoms with Crippen molar-refractivity contribution in [1.29, 1.82) is 0 Å². The van der Waals surface area contributed by atoms with E-state index in [1.165, 1.54) is 0 Å². The standard InChI is InChI=1S/C18H16ClN3/c1-13-11-20-10-9-16(13)17-12-22(2)21-18(17)8-5-14-3-6-15(19)7-4-14/h3-12H,1-2H3. The molecule has 0 radical (unpaired) electrons. The Morgan fingerprint density at radius 3 is 2.55 bits per heavy atom. The molecule has 0 aliphatic heterocycles. The predicted molar refractivity (Wildman–Crippen MR) is 91.6 cm³/mol. The first-order valence-electron chi connectivity index (χ1n) is 7.02. The molecule has 1 aromatic carbocycles. The maximum absolute atomic E-state index is 5.91. The van der Waals surface area contributed by atoms with Crippen LogP contribution < -0.4 is 0 Å². The molecule has 0 bridgehead atoms. The van der Waals surface area contributed by atoms with Gasteiger partial charge in [0.25, 0.3) is 0 Å². The number of rotatable bonds is 3. The van der Waals surface area contributed by atoms with E-state index in [9.17, 15) is 0 Å². The van der Waals surface area contributed by atoms with Gasteiger partial charge in [-0.25, -0.2) is 0 Å². The summed E-state index contributed by atoms with van der Waals surface area (Å²) in [5.74, 6) is 0. The topological polar surface area (TPSA) is 30.7 Å². The fourth-order valence-corrected chi connectivity index (χ4v) is 2.49. The van der Waals surface area contributed by atoms with Crippen molar-refractivity contribution in [1.82, 2.24) is 14.8 Å². The summed E-state index contributed by atoms with van der Waals surface area (Å²) in [7, 11) is 1.93. The Morgan fingerprint density at radius 2 is 1.82 bits per heavy atom. The van der Waals surface area contributed by atoms with E-state index in [0.29, 0.717) is 0 Å². The van der Waals surface area contributed by atoms with Crippen LogP contribution in [0, 0.1) is 6.92 Å². The fourth-order valence-electron chi connectivity index (χ4n) is 2.36. The predicted octanol–water partition coefficient (Wildman–Crippen LogP) is 4.61. The molecule has 4 heteroatoms. The summed E-state index contributed by atoms with van der Waals surface area (Å²) in [6.45, 7) is 2.06. The second-order valence-corrected chi connectivity index (χ2v) is 5.61. The molecule has 0 amide bonds. The van der Waals surface area contributed by atoms with E-state index in [2.05, 4.69) is 17.0 Å². The first-order chi connectivity index (χ1) is 10.6. The molecule has 2 aromatic heterocycles. The third kappa shape index (κ3) is 3.10. The summed E-state index contributed by atoms with van der Waals surface area (Å²) in [4.78, 5) is 4.15. The maximum Gasteiger partial charge on any atom is 0.0929 e. The van der Waals surface area contributed by atoms with Gasteiger partial charge in [-0.3, -0.25) is 9.67 Å². The van der Waals surface area contributed by atoms with Gasteiger partial charge in [0, 0.05) is 36.2 Å². The normalized spacial score (nSPS) is 11.2. The van der Waals surface area contributed by atoms with Gasteiger partial charge in [-0.2, -0.15) is 5.10 Å². The van der Waals surface area contributed by atoms with Crippen molar-refractivity contribution in [3.63, 3.8) is 0 Å². The second-order valence-electron chi connectivity index (χ2n) is 5.18. The summed E-state index contributed by atoms with van der Waals surface area (Å²) in [6, 6.07) is 9.76. The molecule has 3 nitrogen and oxygen atoms in total. The van der Waals surface area contributed by atoms with Crippen molar-refractivity contribution in [2.24, 2.45) is 7.05 Å². The molecule has 110 valence electrons. The maximum atomic E-state index is 5.91. The monoisotopic (exact) mass is 309 g/mol. The van der Waals surface area contributed by atoms with Crippen LogP contribution in [0.25, 0.3) is 23.3 Å². The van der Waals surface area contributed by atoms with Crippen LogP contribution in [-0.4, -0.2) is 14.8 Å². The van der Waals surface area contributed by atoms with Crippen LogP contribution in [0.1, 0.15) is 16.8 Å². The molecule has 0 unspecified atom stereocenters. The Hall–Kier alpha value is -2.39. The van der Waals surface area contributed by atoms with Gasteiger partial charge in [-0.1, -0.05) is 29.8 Å². The number of halogens is 1. The molecule has 2 heterocycles. The van der Waals surface area contributed by atoms with Gasteiger partial charge < -0.3 is 0 Å². The smallest absolute Gasteiger partial charge is 0.0929 e. The molecule has 0 saturated carbocycles. The number of aryl methyl sites for hydroxylation is 2. The minimum atomic E-state index is 0.739. The Labute approximate surface area is 134 Å². The summed E-state index contributed by atoms with van der Waals surface area (Å²) < 4.78 is 1.83. The highest BCUT2D eigenvalue weighted by atomic mass is 35.5. The van der Waals surface area contributed by atoms with E-state index >= 15 is 0 Å². The van der Waals surface area contributed by atoms with Crippen LogP contribution in [0.5, 0.6) is 0 Å². The zero-order valence-corrected chi connectivity index (χ0v) is 13.2. The molecule has 0 aliphatic rings. The lowest BCUT2D eigenvalue weighted by molar-refractivity contribution is 0.765. The third-order valence-electron chi connectivity index (χ3n) is 3.47. The van der Waals surface area contributed by atoms with E-state index in [1.807, 2.05) is 72.8 Å². The molecule has 0 aliphatic carbocycles. The van der Waals surface area contributed by atoms with Crippen molar-refractivity contribution in [3.8, 4) is 11.1 Å². The van der Waals surface area contributed by atoms with Gasteiger partial charge in [0.2, 0.25) is 0 Å². The van der Waals surface area contributed by atoms with E-state index in [4.69, 9.17) is 11.6 Å². The number of pyridine rings is 1. The Morgan fingerprint density at radius 1 is 1.05 bits per heavy atom. The average Bonchev–Trinajstić information content (AvgIpc) is 2.88. The van der Waals surface area contributed by atoms with Crippen LogP contribution in [0.4, 0.5) is 0 Å². The van der Waals surface area contributed by atoms with Crippen molar-refractivity contribution >= 4 is 23.8 Å². The molecule has 0 saturated heterocycles. The highest BCUT2D eigenvalue weighted by molar-refractivity contribution is 6.30. The van der Waals surface area contributed by atoms with E-state index in [1.54, 1.807) is 0 Å². The lowest BCUT2D eigenvalue weighted by Crippen LogP contribution is -1.86. The first kappa shape index (κ1) is 14.5. The molecule has 0 spiro atoms. The van der Waals surface area contributed by atoms with E-state index in [-0.39, 0.29) is 0 Å². The lowest BCUT2D eigenvalue weighted by atomic mass is 10.0. The average molecular weight is 310 g/mol. The molecule has 3 rings (SSSR count). The van der Waals surface area contributed by atoms with Gasteiger partial charge in [-0.15, -0.1) is 0 Å². The fraction of sp³-hybridized carbons (Fsp3) is 0.111.